The molecular formula is C14H23F4O3P. The highest BCUT2D eigenvalue weighted by molar-refractivity contribution is 7.54. The van der Waals surface area contributed by atoms with Gasteiger partial charge in [0.05, 0.1) is 11.8 Å². The molecule has 0 aliphatic heterocycles. The van der Waals surface area contributed by atoms with E-state index in [4.69, 9.17) is 9.05 Å². The highest BCUT2D eigenvalue weighted by atomic mass is 31.2. The molecule has 0 heterocycles. The molecule has 22 heavy (non-hydrogen) atoms. The maximum Gasteiger partial charge on any atom is 0.412 e. The molecule has 3 atom stereocenters. The highest BCUT2D eigenvalue weighted by Crippen LogP contribution is 2.59. The van der Waals surface area contributed by atoms with Crippen LogP contribution in [-0.4, -0.2) is 30.7 Å². The van der Waals surface area contributed by atoms with Gasteiger partial charge in [-0.25, -0.2) is 4.39 Å². The molecule has 2 saturated carbocycles. The average molecular weight is 346 g/mol. The number of alkyl halides is 4. The van der Waals surface area contributed by atoms with Gasteiger partial charge in [-0.05, 0) is 25.7 Å². The van der Waals surface area contributed by atoms with Crippen molar-refractivity contribution >= 4 is 7.60 Å². The van der Waals surface area contributed by atoms with Crippen LogP contribution in [0.3, 0.4) is 0 Å². The Balaban J connectivity index is 2.07. The lowest BCUT2D eigenvalue weighted by Crippen LogP contribution is -2.31. The lowest BCUT2D eigenvalue weighted by atomic mass is 9.96. The fourth-order valence-corrected chi connectivity index (χ4v) is 5.52. The van der Waals surface area contributed by atoms with Crippen LogP contribution in [0, 0.1) is 0 Å². The number of rotatable bonds is 5. The van der Waals surface area contributed by atoms with E-state index in [1.54, 1.807) is 0 Å². The van der Waals surface area contributed by atoms with Crippen LogP contribution in [0.1, 0.15) is 57.8 Å². The molecule has 2 aliphatic rings. The van der Waals surface area contributed by atoms with Gasteiger partial charge in [0.2, 0.25) is 0 Å². The Bertz CT molecular complexity index is 396. The summed E-state index contributed by atoms with van der Waals surface area (Å²) in [5.41, 5.74) is -0.544. The van der Waals surface area contributed by atoms with E-state index in [1.807, 2.05) is 0 Å². The van der Waals surface area contributed by atoms with Crippen molar-refractivity contribution in [1.29, 1.82) is 0 Å². The molecule has 8 heteroatoms. The summed E-state index contributed by atoms with van der Waals surface area (Å²) in [6.45, 7) is -1.61. The topological polar surface area (TPSA) is 35.5 Å². The first-order valence-corrected chi connectivity index (χ1v) is 9.55. The minimum absolute atomic E-state index is 0.300. The Labute approximate surface area is 128 Å². The molecule has 3 unspecified atom stereocenters. The smallest absolute Gasteiger partial charge is 0.302 e. The molecule has 0 N–H and O–H groups in total. The molecule has 0 bridgehead atoms. The molecule has 0 aromatic carbocycles. The molecule has 0 aromatic rings. The van der Waals surface area contributed by atoms with E-state index < -0.39 is 38.3 Å². The Kier molecular flexibility index (Phi) is 6.31. The van der Waals surface area contributed by atoms with Gasteiger partial charge in [-0.1, -0.05) is 32.1 Å². The van der Waals surface area contributed by atoms with Crippen molar-refractivity contribution in [2.45, 2.75) is 81.9 Å². The van der Waals surface area contributed by atoms with Crippen LogP contribution in [-0.2, 0) is 13.6 Å². The molecule has 0 radical (unpaired) electrons. The summed E-state index contributed by atoms with van der Waals surface area (Å²) in [7, 11) is -3.96. The van der Waals surface area contributed by atoms with Gasteiger partial charge < -0.3 is 4.52 Å². The van der Waals surface area contributed by atoms with Gasteiger partial charge in [-0.15, -0.1) is 0 Å². The van der Waals surface area contributed by atoms with Crippen molar-refractivity contribution in [2.75, 3.05) is 6.61 Å². The van der Waals surface area contributed by atoms with Gasteiger partial charge in [-0.3, -0.25) is 9.09 Å². The lowest BCUT2D eigenvalue weighted by Gasteiger charge is -2.34. The van der Waals surface area contributed by atoms with E-state index in [0.717, 1.165) is 32.1 Å². The first-order valence-electron chi connectivity index (χ1n) is 7.94. The summed E-state index contributed by atoms with van der Waals surface area (Å²) in [5, 5.41) is 0. The Hall–Kier alpha value is -0.130. The monoisotopic (exact) mass is 346 g/mol. The van der Waals surface area contributed by atoms with E-state index in [1.165, 1.54) is 0 Å². The second-order valence-electron chi connectivity index (χ2n) is 6.16. The summed E-state index contributed by atoms with van der Waals surface area (Å²) < 4.78 is 74.2. The molecule has 0 saturated heterocycles. The number of halogens is 4. The molecule has 2 aliphatic carbocycles. The van der Waals surface area contributed by atoms with Gasteiger partial charge in [0.1, 0.15) is 6.17 Å². The zero-order chi connectivity index (χ0) is 16.2. The van der Waals surface area contributed by atoms with E-state index in [9.17, 15) is 22.1 Å². The van der Waals surface area contributed by atoms with Crippen molar-refractivity contribution in [2.24, 2.45) is 0 Å². The van der Waals surface area contributed by atoms with Crippen LogP contribution in [0.4, 0.5) is 17.6 Å². The molecule has 0 spiro atoms. The second-order valence-corrected chi connectivity index (χ2v) is 8.44. The van der Waals surface area contributed by atoms with Crippen LogP contribution in [0.5, 0.6) is 0 Å². The van der Waals surface area contributed by atoms with E-state index >= 15 is 0 Å². The van der Waals surface area contributed by atoms with Gasteiger partial charge in [0.15, 0.2) is 6.61 Å². The van der Waals surface area contributed by atoms with Crippen molar-refractivity contribution in [3.8, 4) is 0 Å². The van der Waals surface area contributed by atoms with Gasteiger partial charge in [0.25, 0.3) is 0 Å². The van der Waals surface area contributed by atoms with E-state index in [0.29, 0.717) is 25.7 Å². The zero-order valence-corrected chi connectivity index (χ0v) is 13.4. The van der Waals surface area contributed by atoms with E-state index in [2.05, 4.69) is 0 Å². The van der Waals surface area contributed by atoms with Crippen LogP contribution in [0.15, 0.2) is 0 Å². The molecule has 2 rings (SSSR count). The van der Waals surface area contributed by atoms with E-state index in [-0.39, 0.29) is 0 Å². The predicted octanol–water partition coefficient (Wildman–Crippen LogP) is 5.39. The molecule has 0 aromatic heterocycles. The van der Waals surface area contributed by atoms with Crippen molar-refractivity contribution in [3.63, 3.8) is 0 Å². The third kappa shape index (κ3) is 5.20. The standard InChI is InChI=1S/C14H23F4O3P/c15-12-8-4-5-9-13(12)21-22(19,20-10-14(16,17)18)11-6-2-1-3-7-11/h11-13H,1-10H2. The Morgan fingerprint density at radius 1 is 0.955 bits per heavy atom. The molecular weight excluding hydrogens is 323 g/mol. The fourth-order valence-electron chi connectivity index (χ4n) is 3.14. The third-order valence-corrected chi connectivity index (χ3v) is 6.80. The SMILES string of the molecule is O=P(OCC(F)(F)F)(OC1CCCCC1F)C1CCCCC1. The Morgan fingerprint density at radius 3 is 2.14 bits per heavy atom. The molecule has 3 nitrogen and oxygen atoms in total. The van der Waals surface area contributed by atoms with Crippen LogP contribution in [0.25, 0.3) is 0 Å². The summed E-state index contributed by atoms with van der Waals surface area (Å²) >= 11 is 0. The van der Waals surface area contributed by atoms with Gasteiger partial charge in [-0.2, -0.15) is 13.2 Å². The summed E-state index contributed by atoms with van der Waals surface area (Å²) in [5.74, 6) is 0. The second kappa shape index (κ2) is 7.63. The maximum absolute atomic E-state index is 13.9. The van der Waals surface area contributed by atoms with Crippen molar-refractivity contribution < 1.29 is 31.2 Å². The van der Waals surface area contributed by atoms with Gasteiger partial charge in [0, 0.05) is 0 Å². The zero-order valence-electron chi connectivity index (χ0n) is 12.5. The molecule has 0 amide bonds. The van der Waals surface area contributed by atoms with Crippen LogP contribution >= 0.6 is 7.60 Å². The number of hydrogen-bond donors (Lipinski definition) is 0. The Morgan fingerprint density at radius 2 is 1.55 bits per heavy atom. The molecule has 2 fully saturated rings. The van der Waals surface area contributed by atoms with Crippen LogP contribution < -0.4 is 0 Å². The number of hydrogen-bond acceptors (Lipinski definition) is 3. The predicted molar refractivity (Wildman–Crippen MR) is 74.7 cm³/mol. The normalized spacial score (nSPS) is 30.9. The third-order valence-electron chi connectivity index (χ3n) is 4.33. The largest absolute Gasteiger partial charge is 0.412 e. The fraction of sp³-hybridized carbons (Fsp3) is 1.00. The summed E-state index contributed by atoms with van der Waals surface area (Å²) in [6, 6.07) is 0. The first-order chi connectivity index (χ1) is 10.3. The highest BCUT2D eigenvalue weighted by Gasteiger charge is 2.44. The van der Waals surface area contributed by atoms with Crippen molar-refractivity contribution in [1.82, 2.24) is 0 Å². The lowest BCUT2D eigenvalue weighted by molar-refractivity contribution is -0.156. The average Bonchev–Trinajstić information content (AvgIpc) is 2.48. The summed E-state index contributed by atoms with van der Waals surface area (Å²) in [6.07, 6.45) is -1.06. The molecule has 130 valence electrons. The summed E-state index contributed by atoms with van der Waals surface area (Å²) in [4.78, 5) is 0. The maximum atomic E-state index is 13.9. The first kappa shape index (κ1) is 18.2. The van der Waals surface area contributed by atoms with Crippen LogP contribution in [0.2, 0.25) is 0 Å². The minimum Gasteiger partial charge on any atom is -0.302 e. The van der Waals surface area contributed by atoms with Gasteiger partial charge >= 0.3 is 13.8 Å². The minimum atomic E-state index is -4.57. The van der Waals surface area contributed by atoms with Crippen molar-refractivity contribution in [3.05, 3.63) is 0 Å². The quantitative estimate of drug-likeness (QED) is 0.495.